The highest BCUT2D eigenvalue weighted by molar-refractivity contribution is 7.49. The number of Topliss-reactive ketones (excluding diaryl/α,β-unsaturated/α-hetero) is 3. The monoisotopic (exact) mass is 656 g/mol. The van der Waals surface area contributed by atoms with Gasteiger partial charge in [0.05, 0.1) is 16.7 Å². The summed E-state index contributed by atoms with van der Waals surface area (Å²) < 4.78 is 31.0. The number of halogens is 6. The van der Waals surface area contributed by atoms with E-state index in [0.717, 1.165) is 0 Å². The van der Waals surface area contributed by atoms with Gasteiger partial charge in [0, 0.05) is 0 Å². The van der Waals surface area contributed by atoms with Gasteiger partial charge in [-0.2, -0.15) is 4.57 Å². The van der Waals surface area contributed by atoms with Gasteiger partial charge in [-0.25, -0.2) is 0 Å². The summed E-state index contributed by atoms with van der Waals surface area (Å²) in [5, 5.41) is 0. The second-order valence-corrected chi connectivity index (χ2v) is 11.9. The van der Waals surface area contributed by atoms with Crippen LogP contribution in [0.4, 0.5) is 0 Å². The van der Waals surface area contributed by atoms with Crippen molar-refractivity contribution in [2.75, 3.05) is 0 Å². The molecule has 3 aromatic carbocycles. The summed E-state index contributed by atoms with van der Waals surface area (Å²) in [5.74, 6) is -3.12. The number of ketones is 3. The molecular formula is C24H15Cl6O7P. The maximum absolute atomic E-state index is 14.2. The molecule has 0 saturated heterocycles. The van der Waals surface area contributed by atoms with E-state index in [2.05, 4.69) is 0 Å². The quantitative estimate of drug-likeness (QED) is 0.110. The van der Waals surface area contributed by atoms with Gasteiger partial charge in [-0.05, 0) is 36.4 Å². The predicted molar refractivity (Wildman–Crippen MR) is 148 cm³/mol. The number of carbonyl (C=O) groups excluding carboxylic acids is 3. The smallest absolute Gasteiger partial charge is 0.385 e. The van der Waals surface area contributed by atoms with Crippen molar-refractivity contribution in [1.82, 2.24) is 0 Å². The molecule has 0 N–H and O–H groups in total. The van der Waals surface area contributed by atoms with Crippen LogP contribution in [0.15, 0.2) is 72.8 Å². The number of hydrogen-bond acceptors (Lipinski definition) is 7. The first-order valence-corrected chi connectivity index (χ1v) is 14.4. The number of phosphoric ester groups is 1. The van der Waals surface area contributed by atoms with Crippen LogP contribution in [0.2, 0.25) is 0 Å². The number of para-hydroxylation sites is 3. The number of rotatable bonds is 12. The van der Waals surface area contributed by atoms with Crippen molar-refractivity contribution in [3.05, 3.63) is 89.5 Å². The van der Waals surface area contributed by atoms with E-state index in [-0.39, 0.29) is 33.9 Å². The van der Waals surface area contributed by atoms with Gasteiger partial charge < -0.3 is 13.6 Å². The van der Waals surface area contributed by atoms with E-state index >= 15 is 0 Å². The molecule has 7 nitrogen and oxygen atoms in total. The molecule has 0 heterocycles. The van der Waals surface area contributed by atoms with E-state index in [4.69, 9.17) is 83.2 Å². The zero-order chi connectivity index (χ0) is 28.0. The maximum atomic E-state index is 14.2. The molecule has 0 spiro atoms. The molecule has 0 unspecified atom stereocenters. The van der Waals surface area contributed by atoms with Crippen molar-refractivity contribution in [1.29, 1.82) is 0 Å². The van der Waals surface area contributed by atoms with Gasteiger partial charge in [0.25, 0.3) is 0 Å². The molecule has 0 fully saturated rings. The third-order valence-corrected chi connectivity index (χ3v) is 7.13. The van der Waals surface area contributed by atoms with Crippen molar-refractivity contribution in [3.63, 3.8) is 0 Å². The Morgan fingerprint density at radius 2 is 0.737 bits per heavy atom. The summed E-state index contributed by atoms with van der Waals surface area (Å²) in [6.07, 6.45) is 0. The van der Waals surface area contributed by atoms with Gasteiger partial charge in [0.15, 0.2) is 31.9 Å². The van der Waals surface area contributed by atoms with Crippen molar-refractivity contribution < 1.29 is 32.5 Å². The molecule has 0 bridgehead atoms. The predicted octanol–water partition coefficient (Wildman–Crippen LogP) is 8.29. The number of benzene rings is 3. The molecule has 200 valence electrons. The van der Waals surface area contributed by atoms with E-state index in [9.17, 15) is 18.9 Å². The van der Waals surface area contributed by atoms with E-state index in [1.807, 2.05) is 0 Å². The molecule has 3 rings (SSSR count). The minimum absolute atomic E-state index is 0.146. The van der Waals surface area contributed by atoms with Crippen molar-refractivity contribution in [3.8, 4) is 17.2 Å². The summed E-state index contributed by atoms with van der Waals surface area (Å²) in [4.78, 5) is 33.2. The van der Waals surface area contributed by atoms with Crippen LogP contribution < -0.4 is 13.6 Å². The molecular weight excluding hydrogens is 644 g/mol. The van der Waals surface area contributed by atoms with E-state index < -0.39 is 39.7 Å². The normalized spacial score (nSPS) is 11.5. The molecule has 0 aliphatic rings. The van der Waals surface area contributed by atoms with Crippen molar-refractivity contribution >= 4 is 94.8 Å². The lowest BCUT2D eigenvalue weighted by atomic mass is 10.1. The average Bonchev–Trinajstić information content (AvgIpc) is 2.88. The van der Waals surface area contributed by atoms with Crippen LogP contribution in [0.1, 0.15) is 31.1 Å². The highest BCUT2D eigenvalue weighted by atomic mass is 35.5. The highest BCUT2D eigenvalue weighted by Crippen LogP contribution is 2.52. The summed E-state index contributed by atoms with van der Waals surface area (Å²) in [6, 6.07) is 16.7. The Hall–Kier alpha value is -1.96. The average molecular weight is 659 g/mol. The van der Waals surface area contributed by atoms with Crippen LogP contribution in [-0.4, -0.2) is 31.9 Å². The number of hydrogen-bond donors (Lipinski definition) is 0. The van der Waals surface area contributed by atoms with Crippen LogP contribution in [0.5, 0.6) is 17.2 Å². The van der Waals surface area contributed by atoms with E-state index in [0.29, 0.717) is 0 Å². The molecule has 0 aliphatic carbocycles. The van der Waals surface area contributed by atoms with E-state index in [1.165, 1.54) is 72.8 Å². The molecule has 0 aliphatic heterocycles. The fourth-order valence-electron chi connectivity index (χ4n) is 3.02. The van der Waals surface area contributed by atoms with Crippen LogP contribution in [0, 0.1) is 0 Å². The summed E-state index contributed by atoms with van der Waals surface area (Å²) in [7, 11) is -4.89. The molecule has 38 heavy (non-hydrogen) atoms. The van der Waals surface area contributed by atoms with Crippen LogP contribution in [0.3, 0.4) is 0 Å². The Morgan fingerprint density at radius 3 is 0.974 bits per heavy atom. The van der Waals surface area contributed by atoms with Crippen LogP contribution in [0.25, 0.3) is 0 Å². The summed E-state index contributed by atoms with van der Waals surface area (Å²) in [5.41, 5.74) is -0.439. The molecule has 0 amide bonds. The fourth-order valence-corrected chi connectivity index (χ4v) is 5.04. The lowest BCUT2D eigenvalue weighted by Crippen LogP contribution is -2.16. The Balaban J connectivity index is 2.14. The largest absolute Gasteiger partial charge is 0.647 e. The minimum atomic E-state index is -4.89. The van der Waals surface area contributed by atoms with Gasteiger partial charge >= 0.3 is 7.82 Å². The lowest BCUT2D eigenvalue weighted by molar-refractivity contribution is 0.0997. The zero-order valence-electron chi connectivity index (χ0n) is 18.7. The first kappa shape index (κ1) is 30.6. The second-order valence-electron chi connectivity index (χ2n) is 7.20. The molecule has 14 heteroatoms. The minimum Gasteiger partial charge on any atom is -0.385 e. The van der Waals surface area contributed by atoms with Gasteiger partial charge in [-0.3, -0.25) is 14.4 Å². The van der Waals surface area contributed by atoms with Crippen molar-refractivity contribution in [2.24, 2.45) is 0 Å². The zero-order valence-corrected chi connectivity index (χ0v) is 24.2. The number of carbonyl (C=O) groups is 3. The van der Waals surface area contributed by atoms with Crippen LogP contribution in [-0.2, 0) is 4.57 Å². The topological polar surface area (TPSA) is 96.0 Å². The Bertz CT molecular complexity index is 1230. The Morgan fingerprint density at radius 1 is 0.500 bits per heavy atom. The third-order valence-electron chi connectivity index (χ3n) is 4.68. The third kappa shape index (κ3) is 7.57. The molecule has 3 aromatic rings. The first-order chi connectivity index (χ1) is 17.9. The Kier molecular flexibility index (Phi) is 10.8. The van der Waals surface area contributed by atoms with Gasteiger partial charge in [-0.1, -0.05) is 106 Å². The highest BCUT2D eigenvalue weighted by Gasteiger charge is 2.38. The molecule has 0 saturated carbocycles. The van der Waals surface area contributed by atoms with Gasteiger partial charge in [0.2, 0.25) is 0 Å². The Labute approximate surface area is 247 Å². The molecule has 0 radical (unpaired) electrons. The van der Waals surface area contributed by atoms with E-state index in [1.54, 1.807) is 0 Å². The fraction of sp³-hybridized carbons (Fsp3) is 0.125. The van der Waals surface area contributed by atoms with Crippen molar-refractivity contribution in [2.45, 2.75) is 14.5 Å². The first-order valence-electron chi connectivity index (χ1n) is 10.4. The summed E-state index contributed by atoms with van der Waals surface area (Å²) in [6.45, 7) is 0. The lowest BCUT2D eigenvalue weighted by Gasteiger charge is -2.22. The SMILES string of the molecule is O=C(c1ccccc1OP(=O)(Oc1ccccc1C(=O)C(Cl)Cl)Oc1ccccc1C(=O)C(Cl)Cl)C(Cl)Cl. The standard InChI is InChI=1S/C24H15Cl6O7P/c25-22(26)19(31)13-7-1-4-10-16(13)35-38(34,36-17-11-5-2-8-14(17)20(32)23(27)28)37-18-12-6-3-9-15(18)21(33)24(29)30/h1-12,22-24H. The van der Waals surface area contributed by atoms with Gasteiger partial charge in [-0.15, -0.1) is 0 Å². The number of alkyl halides is 6. The van der Waals surface area contributed by atoms with Gasteiger partial charge in [0.1, 0.15) is 17.2 Å². The second kappa shape index (κ2) is 13.4. The number of phosphoric acid groups is 1. The molecule has 0 aromatic heterocycles. The maximum Gasteiger partial charge on any atom is 0.647 e. The summed E-state index contributed by atoms with van der Waals surface area (Å²) >= 11 is 34.4. The van der Waals surface area contributed by atoms with Crippen LogP contribution >= 0.6 is 77.4 Å². The molecule has 0 atom stereocenters.